The summed E-state index contributed by atoms with van der Waals surface area (Å²) in [5, 5.41) is 0. The molecule has 0 aliphatic heterocycles. The Morgan fingerprint density at radius 2 is 1.41 bits per heavy atom. The molecule has 0 nitrogen and oxygen atoms in total. The molecule has 0 aliphatic rings. The van der Waals surface area contributed by atoms with Gasteiger partial charge in [0.15, 0.2) is 0 Å². The SMILES string of the molecule is FCc1ccccc1-c1ccccc1C(F)F. The summed E-state index contributed by atoms with van der Waals surface area (Å²) in [6, 6.07) is 12.9. The van der Waals surface area contributed by atoms with Gasteiger partial charge in [-0.1, -0.05) is 48.5 Å². The molecule has 0 aliphatic carbocycles. The molecule has 0 unspecified atom stereocenters. The van der Waals surface area contributed by atoms with Crippen LogP contribution in [0.1, 0.15) is 17.6 Å². The fraction of sp³-hybridized carbons (Fsp3) is 0.143. The first-order chi connectivity index (χ1) is 8.24. The second kappa shape index (κ2) is 5.04. The molecule has 0 fully saturated rings. The van der Waals surface area contributed by atoms with Crippen molar-refractivity contribution >= 4 is 0 Å². The molecular weight excluding hydrogens is 225 g/mol. The number of hydrogen-bond donors (Lipinski definition) is 0. The van der Waals surface area contributed by atoms with Crippen LogP contribution in [0.5, 0.6) is 0 Å². The Labute approximate surface area is 97.7 Å². The van der Waals surface area contributed by atoms with Crippen LogP contribution in [-0.4, -0.2) is 0 Å². The van der Waals surface area contributed by atoms with Crippen molar-refractivity contribution in [3.8, 4) is 11.1 Å². The molecule has 0 amide bonds. The number of alkyl halides is 3. The summed E-state index contributed by atoms with van der Waals surface area (Å²) in [5.74, 6) is 0. The van der Waals surface area contributed by atoms with E-state index >= 15 is 0 Å². The molecule has 0 saturated heterocycles. The number of benzene rings is 2. The molecule has 2 aromatic rings. The van der Waals surface area contributed by atoms with Crippen LogP contribution in [0.2, 0.25) is 0 Å². The van der Waals surface area contributed by atoms with Crippen LogP contribution < -0.4 is 0 Å². The van der Waals surface area contributed by atoms with E-state index in [1.165, 1.54) is 6.07 Å². The third-order valence-corrected chi connectivity index (χ3v) is 2.65. The molecule has 0 bridgehead atoms. The highest BCUT2D eigenvalue weighted by Gasteiger charge is 2.15. The van der Waals surface area contributed by atoms with Gasteiger partial charge < -0.3 is 0 Å². The van der Waals surface area contributed by atoms with Crippen molar-refractivity contribution in [3.63, 3.8) is 0 Å². The maximum absolute atomic E-state index is 12.9. The topological polar surface area (TPSA) is 0 Å². The first kappa shape index (κ1) is 11.7. The van der Waals surface area contributed by atoms with Gasteiger partial charge in [-0.2, -0.15) is 0 Å². The van der Waals surface area contributed by atoms with Crippen LogP contribution in [0, 0.1) is 0 Å². The van der Waals surface area contributed by atoms with Gasteiger partial charge in [-0.3, -0.25) is 0 Å². The Morgan fingerprint density at radius 3 is 2.06 bits per heavy atom. The highest BCUT2D eigenvalue weighted by atomic mass is 19.3. The van der Waals surface area contributed by atoms with Gasteiger partial charge in [0, 0.05) is 5.56 Å². The van der Waals surface area contributed by atoms with Crippen molar-refractivity contribution < 1.29 is 13.2 Å². The van der Waals surface area contributed by atoms with Crippen LogP contribution in [0.15, 0.2) is 48.5 Å². The van der Waals surface area contributed by atoms with E-state index in [1.54, 1.807) is 42.5 Å². The molecule has 88 valence electrons. The minimum Gasteiger partial charge on any atom is -0.246 e. The zero-order chi connectivity index (χ0) is 12.3. The van der Waals surface area contributed by atoms with Crippen molar-refractivity contribution in [2.24, 2.45) is 0 Å². The molecule has 0 saturated carbocycles. The average molecular weight is 236 g/mol. The molecule has 0 spiro atoms. The van der Waals surface area contributed by atoms with E-state index in [4.69, 9.17) is 0 Å². The van der Waals surface area contributed by atoms with Gasteiger partial charge in [0.1, 0.15) is 6.67 Å². The number of hydrogen-bond acceptors (Lipinski definition) is 0. The summed E-state index contributed by atoms with van der Waals surface area (Å²) in [7, 11) is 0. The molecule has 0 aromatic heterocycles. The van der Waals surface area contributed by atoms with Gasteiger partial charge in [0.2, 0.25) is 0 Å². The fourth-order valence-corrected chi connectivity index (χ4v) is 1.83. The Balaban J connectivity index is 2.60. The van der Waals surface area contributed by atoms with Crippen LogP contribution in [0.3, 0.4) is 0 Å². The fourth-order valence-electron chi connectivity index (χ4n) is 1.83. The monoisotopic (exact) mass is 236 g/mol. The van der Waals surface area contributed by atoms with E-state index in [-0.39, 0.29) is 5.56 Å². The standard InChI is InChI=1S/C14H11F3/c15-9-10-5-1-2-6-11(10)12-7-3-4-8-13(12)14(16)17/h1-8,14H,9H2. The van der Waals surface area contributed by atoms with Crippen molar-refractivity contribution in [1.82, 2.24) is 0 Å². The predicted octanol–water partition coefficient (Wildman–Crippen LogP) is 4.76. The molecule has 0 radical (unpaired) electrons. The first-order valence-corrected chi connectivity index (χ1v) is 5.25. The summed E-state index contributed by atoms with van der Waals surface area (Å²) >= 11 is 0. The quantitative estimate of drug-likeness (QED) is 0.720. The Kier molecular flexibility index (Phi) is 3.47. The van der Waals surface area contributed by atoms with Crippen molar-refractivity contribution in [2.75, 3.05) is 0 Å². The summed E-state index contributed by atoms with van der Waals surface area (Å²) in [4.78, 5) is 0. The normalized spacial score (nSPS) is 10.8. The van der Waals surface area contributed by atoms with Gasteiger partial charge in [-0.25, -0.2) is 13.2 Å². The molecule has 17 heavy (non-hydrogen) atoms. The highest BCUT2D eigenvalue weighted by Crippen LogP contribution is 2.33. The summed E-state index contributed by atoms with van der Waals surface area (Å²) < 4.78 is 38.5. The molecule has 3 heteroatoms. The van der Waals surface area contributed by atoms with E-state index in [1.807, 2.05) is 0 Å². The third kappa shape index (κ3) is 2.33. The lowest BCUT2D eigenvalue weighted by Gasteiger charge is -2.11. The molecule has 0 N–H and O–H groups in total. The maximum Gasteiger partial charge on any atom is 0.264 e. The van der Waals surface area contributed by atoms with Crippen LogP contribution in [-0.2, 0) is 6.67 Å². The third-order valence-electron chi connectivity index (χ3n) is 2.65. The average Bonchev–Trinajstić information content (AvgIpc) is 2.38. The van der Waals surface area contributed by atoms with Crippen molar-refractivity contribution in [2.45, 2.75) is 13.1 Å². The van der Waals surface area contributed by atoms with E-state index < -0.39 is 13.1 Å². The predicted molar refractivity (Wildman–Crippen MR) is 61.6 cm³/mol. The largest absolute Gasteiger partial charge is 0.264 e. The van der Waals surface area contributed by atoms with Crippen molar-refractivity contribution in [3.05, 3.63) is 59.7 Å². The minimum absolute atomic E-state index is 0.0617. The van der Waals surface area contributed by atoms with Gasteiger partial charge in [-0.05, 0) is 16.7 Å². The lowest BCUT2D eigenvalue weighted by atomic mass is 9.96. The van der Waals surface area contributed by atoms with Crippen LogP contribution >= 0.6 is 0 Å². The van der Waals surface area contributed by atoms with Gasteiger partial charge >= 0.3 is 0 Å². The van der Waals surface area contributed by atoms with Gasteiger partial charge in [-0.15, -0.1) is 0 Å². The summed E-state index contributed by atoms with van der Waals surface area (Å²) in [6.07, 6.45) is -2.56. The minimum atomic E-state index is -2.56. The lowest BCUT2D eigenvalue weighted by molar-refractivity contribution is 0.152. The van der Waals surface area contributed by atoms with Gasteiger partial charge in [0.25, 0.3) is 6.43 Å². The second-order valence-corrected chi connectivity index (χ2v) is 3.68. The first-order valence-electron chi connectivity index (χ1n) is 5.25. The van der Waals surface area contributed by atoms with E-state index in [0.29, 0.717) is 16.7 Å². The Bertz CT molecular complexity index is 506. The second-order valence-electron chi connectivity index (χ2n) is 3.68. The van der Waals surface area contributed by atoms with Crippen molar-refractivity contribution in [1.29, 1.82) is 0 Å². The number of rotatable bonds is 3. The van der Waals surface area contributed by atoms with E-state index in [2.05, 4.69) is 0 Å². The number of halogens is 3. The Hall–Kier alpha value is -1.77. The zero-order valence-electron chi connectivity index (χ0n) is 9.04. The smallest absolute Gasteiger partial charge is 0.246 e. The summed E-state index contributed by atoms with van der Waals surface area (Å²) in [5.41, 5.74) is 1.30. The van der Waals surface area contributed by atoms with E-state index in [0.717, 1.165) is 0 Å². The Morgan fingerprint density at radius 1 is 0.824 bits per heavy atom. The van der Waals surface area contributed by atoms with E-state index in [9.17, 15) is 13.2 Å². The summed E-state index contributed by atoms with van der Waals surface area (Å²) in [6.45, 7) is -0.659. The molecule has 2 rings (SSSR count). The maximum atomic E-state index is 12.9. The van der Waals surface area contributed by atoms with Crippen LogP contribution in [0.4, 0.5) is 13.2 Å². The lowest BCUT2D eigenvalue weighted by Crippen LogP contribution is -1.93. The molecule has 0 heterocycles. The molecule has 2 aromatic carbocycles. The molecular formula is C14H11F3. The van der Waals surface area contributed by atoms with Gasteiger partial charge in [0.05, 0.1) is 0 Å². The molecule has 0 atom stereocenters. The zero-order valence-corrected chi connectivity index (χ0v) is 9.04. The van der Waals surface area contributed by atoms with Crippen LogP contribution in [0.25, 0.3) is 11.1 Å². The highest BCUT2D eigenvalue weighted by molar-refractivity contribution is 5.70.